The minimum absolute atomic E-state index is 0.0488. The van der Waals surface area contributed by atoms with Crippen molar-refractivity contribution in [3.05, 3.63) is 68.4 Å². The Hall–Kier alpha value is -1.30. The molecular formula is C24H23Cl2F4N. The zero-order valence-corrected chi connectivity index (χ0v) is 18.4. The predicted molar refractivity (Wildman–Crippen MR) is 114 cm³/mol. The Morgan fingerprint density at radius 3 is 2.42 bits per heavy atom. The van der Waals surface area contributed by atoms with Gasteiger partial charge in [0.05, 0.1) is 10.0 Å². The number of fused-ring (bicyclic) bond motifs is 1. The van der Waals surface area contributed by atoms with E-state index in [9.17, 15) is 17.6 Å². The minimum atomic E-state index is -4.52. The van der Waals surface area contributed by atoms with Crippen molar-refractivity contribution >= 4 is 23.2 Å². The highest BCUT2D eigenvalue weighted by Crippen LogP contribution is 2.56. The molecule has 2 aromatic carbocycles. The molecule has 3 aliphatic rings. The third kappa shape index (κ3) is 3.67. The molecule has 166 valence electrons. The molecule has 7 heteroatoms. The number of alkyl halides is 3. The van der Waals surface area contributed by atoms with Gasteiger partial charge in [-0.05, 0) is 78.8 Å². The van der Waals surface area contributed by atoms with Crippen LogP contribution >= 0.6 is 23.2 Å². The van der Waals surface area contributed by atoms with Crippen LogP contribution in [0.5, 0.6) is 0 Å². The number of aryl methyl sites for hydroxylation is 1. The van der Waals surface area contributed by atoms with Gasteiger partial charge >= 0.3 is 6.18 Å². The van der Waals surface area contributed by atoms with E-state index < -0.39 is 17.4 Å². The molecule has 0 spiro atoms. The van der Waals surface area contributed by atoms with Crippen molar-refractivity contribution in [1.82, 2.24) is 4.90 Å². The molecule has 2 aliphatic carbocycles. The number of likely N-dealkylation sites (tertiary alicyclic amines) is 1. The summed E-state index contributed by atoms with van der Waals surface area (Å²) in [6.07, 6.45) is 0.407. The number of halogens is 6. The highest BCUT2D eigenvalue weighted by Gasteiger charge is 2.62. The van der Waals surface area contributed by atoms with Gasteiger partial charge in [0.25, 0.3) is 0 Å². The van der Waals surface area contributed by atoms with Crippen molar-refractivity contribution in [1.29, 1.82) is 0 Å². The fourth-order valence-electron chi connectivity index (χ4n) is 5.48. The minimum Gasteiger partial charge on any atom is -0.295 e. The number of benzene rings is 2. The molecule has 0 amide bonds. The Labute approximate surface area is 189 Å². The van der Waals surface area contributed by atoms with E-state index in [-0.39, 0.29) is 34.6 Å². The molecule has 1 saturated carbocycles. The monoisotopic (exact) mass is 471 g/mol. The predicted octanol–water partition coefficient (Wildman–Crippen LogP) is 7.28. The van der Waals surface area contributed by atoms with Gasteiger partial charge in [0.1, 0.15) is 5.41 Å². The lowest BCUT2D eigenvalue weighted by atomic mass is 9.76. The third-order valence-electron chi connectivity index (χ3n) is 7.27. The van der Waals surface area contributed by atoms with Gasteiger partial charge in [-0.3, -0.25) is 4.90 Å². The van der Waals surface area contributed by atoms with Crippen molar-refractivity contribution < 1.29 is 17.6 Å². The van der Waals surface area contributed by atoms with Gasteiger partial charge in [-0.15, -0.1) is 0 Å². The van der Waals surface area contributed by atoms with Crippen molar-refractivity contribution in [2.75, 3.05) is 13.1 Å². The first-order chi connectivity index (χ1) is 14.7. The van der Waals surface area contributed by atoms with Gasteiger partial charge in [-0.2, -0.15) is 13.2 Å². The second-order valence-electron chi connectivity index (χ2n) is 9.26. The Bertz CT molecular complexity index is 994. The molecule has 2 aromatic rings. The van der Waals surface area contributed by atoms with Crippen LogP contribution in [0.25, 0.3) is 0 Å². The summed E-state index contributed by atoms with van der Waals surface area (Å²) in [5.41, 5.74) is 1.28. The topological polar surface area (TPSA) is 3.24 Å². The van der Waals surface area contributed by atoms with Crippen molar-refractivity contribution in [2.45, 2.75) is 56.2 Å². The Balaban J connectivity index is 1.63. The van der Waals surface area contributed by atoms with Gasteiger partial charge < -0.3 is 0 Å². The summed E-state index contributed by atoms with van der Waals surface area (Å²) in [5, 5.41) is -0.743. The summed E-state index contributed by atoms with van der Waals surface area (Å²) < 4.78 is 58.3. The van der Waals surface area contributed by atoms with Crippen LogP contribution in [0.4, 0.5) is 17.6 Å². The zero-order chi connectivity index (χ0) is 22.0. The molecule has 1 saturated heterocycles. The van der Waals surface area contributed by atoms with Crippen molar-refractivity contribution in [3.8, 4) is 0 Å². The van der Waals surface area contributed by atoms with E-state index in [4.69, 9.17) is 23.2 Å². The lowest BCUT2D eigenvalue weighted by Crippen LogP contribution is -2.45. The van der Waals surface area contributed by atoms with Gasteiger partial charge in [0.2, 0.25) is 0 Å². The molecule has 2 unspecified atom stereocenters. The molecular weight excluding hydrogens is 449 g/mol. The summed E-state index contributed by atoms with van der Waals surface area (Å²) in [6, 6.07) is 7.94. The number of hydrogen-bond acceptors (Lipinski definition) is 1. The fraction of sp³-hybridized carbons (Fsp3) is 0.500. The molecule has 1 nitrogen and oxygen atoms in total. The Morgan fingerprint density at radius 2 is 1.77 bits per heavy atom. The van der Waals surface area contributed by atoms with Crippen molar-refractivity contribution in [2.24, 2.45) is 5.92 Å². The first kappa shape index (κ1) is 21.5. The van der Waals surface area contributed by atoms with E-state index in [0.717, 1.165) is 49.8 Å². The molecule has 0 aromatic heterocycles. The molecule has 31 heavy (non-hydrogen) atoms. The first-order valence-electron chi connectivity index (χ1n) is 10.8. The van der Waals surface area contributed by atoms with Crippen LogP contribution < -0.4 is 0 Å². The molecule has 2 fully saturated rings. The van der Waals surface area contributed by atoms with Gasteiger partial charge in [0.15, 0.2) is 5.82 Å². The Kier molecular flexibility index (Phi) is 5.31. The highest BCUT2D eigenvalue weighted by atomic mass is 35.5. The first-order valence-corrected chi connectivity index (χ1v) is 11.5. The molecule has 1 aliphatic heterocycles. The molecule has 0 bridgehead atoms. The van der Waals surface area contributed by atoms with E-state index in [2.05, 4.69) is 6.07 Å². The maximum Gasteiger partial charge on any atom is 0.399 e. The Morgan fingerprint density at radius 1 is 1.06 bits per heavy atom. The SMILES string of the molecule is Fc1c(Cl)cc(C2(C(F)(F)F)CC(c3cccc4c3CCC4)N(CC3CC3)C2)cc1Cl. The summed E-state index contributed by atoms with van der Waals surface area (Å²) in [6.45, 7) is 0.481. The number of rotatable bonds is 4. The van der Waals surface area contributed by atoms with Crippen LogP contribution in [0.1, 0.15) is 54.0 Å². The lowest BCUT2D eigenvalue weighted by molar-refractivity contribution is -0.187. The van der Waals surface area contributed by atoms with Crippen LogP contribution in [-0.4, -0.2) is 24.2 Å². The van der Waals surface area contributed by atoms with E-state index in [0.29, 0.717) is 12.5 Å². The smallest absolute Gasteiger partial charge is 0.295 e. The third-order valence-corrected chi connectivity index (χ3v) is 7.82. The fourth-order valence-corrected chi connectivity index (χ4v) is 5.97. The van der Waals surface area contributed by atoms with Gasteiger partial charge in [-0.1, -0.05) is 41.4 Å². The van der Waals surface area contributed by atoms with Crippen LogP contribution in [0.15, 0.2) is 30.3 Å². The lowest BCUT2D eigenvalue weighted by Gasteiger charge is -2.33. The van der Waals surface area contributed by atoms with Gasteiger partial charge in [0, 0.05) is 19.1 Å². The zero-order valence-electron chi connectivity index (χ0n) is 16.9. The van der Waals surface area contributed by atoms with E-state index in [1.54, 1.807) is 0 Å². The largest absolute Gasteiger partial charge is 0.399 e. The van der Waals surface area contributed by atoms with E-state index in [1.165, 1.54) is 11.1 Å². The normalized spacial score (nSPS) is 26.5. The summed E-state index contributed by atoms with van der Waals surface area (Å²) in [7, 11) is 0. The van der Waals surface area contributed by atoms with Crippen LogP contribution in [0, 0.1) is 11.7 Å². The van der Waals surface area contributed by atoms with E-state index >= 15 is 0 Å². The quantitative estimate of drug-likeness (QED) is 0.334. The summed E-state index contributed by atoms with van der Waals surface area (Å²) in [5.74, 6) is -0.432. The molecule has 0 radical (unpaired) electrons. The van der Waals surface area contributed by atoms with Crippen LogP contribution in [0.3, 0.4) is 0 Å². The molecule has 1 heterocycles. The molecule has 2 atom stereocenters. The highest BCUT2D eigenvalue weighted by molar-refractivity contribution is 6.35. The van der Waals surface area contributed by atoms with Crippen molar-refractivity contribution in [3.63, 3.8) is 0 Å². The maximum absolute atomic E-state index is 14.7. The molecule has 5 rings (SSSR count). The standard InChI is InChI=1S/C24H23Cl2F4N/c25-19-9-16(10-20(26)22(19)27)23(24(28,29)30)11-21(31(13-23)12-14-7-8-14)18-6-2-4-15-3-1-5-17(15)18/h2,4,6,9-10,14,21H,1,3,5,7-8,11-13H2. The second kappa shape index (κ2) is 7.64. The number of nitrogens with zero attached hydrogens (tertiary/aromatic N) is 1. The maximum atomic E-state index is 14.7. The second-order valence-corrected chi connectivity index (χ2v) is 10.1. The summed E-state index contributed by atoms with van der Waals surface area (Å²) in [4.78, 5) is 2.00. The average Bonchev–Trinajstić information content (AvgIpc) is 3.24. The van der Waals surface area contributed by atoms with Gasteiger partial charge in [-0.25, -0.2) is 4.39 Å². The van der Waals surface area contributed by atoms with Crippen LogP contribution in [0.2, 0.25) is 10.0 Å². The van der Waals surface area contributed by atoms with Crippen LogP contribution in [-0.2, 0) is 18.3 Å². The molecule has 0 N–H and O–H groups in total. The summed E-state index contributed by atoms with van der Waals surface area (Å²) >= 11 is 11.9. The number of hydrogen-bond donors (Lipinski definition) is 0. The average molecular weight is 472 g/mol. The van der Waals surface area contributed by atoms with E-state index in [1.807, 2.05) is 17.0 Å².